The van der Waals surface area contributed by atoms with Crippen LogP contribution in [0.5, 0.6) is 11.6 Å². The third kappa shape index (κ3) is 8.28. The van der Waals surface area contributed by atoms with Crippen LogP contribution in [0.1, 0.15) is 44.6 Å². The van der Waals surface area contributed by atoms with Crippen molar-refractivity contribution in [3.8, 4) is 22.9 Å². The van der Waals surface area contributed by atoms with Crippen LogP contribution in [0.2, 0.25) is 10.0 Å². The molecule has 3 aromatic rings. The van der Waals surface area contributed by atoms with Crippen molar-refractivity contribution in [3.63, 3.8) is 0 Å². The third-order valence-corrected chi connectivity index (χ3v) is 9.69. The van der Waals surface area contributed by atoms with Crippen LogP contribution < -0.4 is 15.0 Å². The number of fused-ring (bicyclic) bond motifs is 2. The van der Waals surface area contributed by atoms with E-state index in [9.17, 15) is 9.59 Å². The fourth-order valence-corrected chi connectivity index (χ4v) is 7.48. The number of carbonyl (C=O) groups excluding carboxylic acids is 1. The monoisotopic (exact) mass is 666 g/mol. The Balaban J connectivity index is 1.15. The number of pyridine rings is 2. The Morgan fingerprint density at radius 3 is 2.35 bits per heavy atom. The molecular formula is C34H40Cl2N6O4. The number of carboxylic acid groups (broad SMARTS) is 1. The van der Waals surface area contributed by atoms with Crippen molar-refractivity contribution in [2.45, 2.75) is 57.7 Å². The summed E-state index contributed by atoms with van der Waals surface area (Å²) < 4.78 is 6.29. The second-order valence-electron chi connectivity index (χ2n) is 12.6. The molecule has 46 heavy (non-hydrogen) atoms. The van der Waals surface area contributed by atoms with Crippen molar-refractivity contribution >= 4 is 40.9 Å². The van der Waals surface area contributed by atoms with E-state index in [0.29, 0.717) is 46.2 Å². The normalized spacial score (nSPS) is 20.5. The van der Waals surface area contributed by atoms with Gasteiger partial charge in [0.1, 0.15) is 11.6 Å². The first-order valence-corrected chi connectivity index (χ1v) is 16.7. The number of ether oxygens (including phenoxy) is 1. The van der Waals surface area contributed by atoms with E-state index in [0.717, 1.165) is 87.6 Å². The zero-order valence-corrected chi connectivity index (χ0v) is 27.5. The number of anilines is 1. The quantitative estimate of drug-likeness (QED) is 0.265. The number of hydrogen-bond donors (Lipinski definition) is 2. The largest absolute Gasteiger partial charge is 0.481 e. The van der Waals surface area contributed by atoms with E-state index in [4.69, 9.17) is 43.0 Å². The summed E-state index contributed by atoms with van der Waals surface area (Å²) in [6, 6.07) is 14.0. The molecular weight excluding hydrogens is 627 g/mol. The van der Waals surface area contributed by atoms with Gasteiger partial charge in [-0.1, -0.05) is 23.2 Å². The molecule has 2 aromatic heterocycles. The zero-order valence-electron chi connectivity index (χ0n) is 26.0. The van der Waals surface area contributed by atoms with Gasteiger partial charge >= 0.3 is 5.97 Å². The number of benzene rings is 1. The van der Waals surface area contributed by atoms with Crippen molar-refractivity contribution in [1.82, 2.24) is 25.1 Å². The molecule has 0 aliphatic carbocycles. The van der Waals surface area contributed by atoms with Crippen LogP contribution in [0.3, 0.4) is 0 Å². The Bertz CT molecular complexity index is 1510. The van der Waals surface area contributed by atoms with Gasteiger partial charge in [-0.3, -0.25) is 19.4 Å². The van der Waals surface area contributed by atoms with Gasteiger partial charge in [0.25, 0.3) is 0 Å². The summed E-state index contributed by atoms with van der Waals surface area (Å²) in [7, 11) is 0. The average molecular weight is 668 g/mol. The highest BCUT2D eigenvalue weighted by Crippen LogP contribution is 2.34. The predicted molar refractivity (Wildman–Crippen MR) is 179 cm³/mol. The van der Waals surface area contributed by atoms with Crippen molar-refractivity contribution in [1.29, 1.82) is 0 Å². The summed E-state index contributed by atoms with van der Waals surface area (Å²) in [6.07, 6.45) is 6.14. The minimum Gasteiger partial charge on any atom is -0.481 e. The number of piperidine rings is 1. The molecule has 1 aromatic carbocycles. The van der Waals surface area contributed by atoms with Gasteiger partial charge in [0.05, 0.1) is 18.3 Å². The molecule has 3 saturated heterocycles. The number of nitrogens with one attached hydrogen (secondary N) is 1. The summed E-state index contributed by atoms with van der Waals surface area (Å²) in [5.41, 5.74) is 2.60. The highest BCUT2D eigenvalue weighted by molar-refractivity contribution is 6.35. The number of likely N-dealkylation sites (tertiary alicyclic amines) is 1. The number of aromatic nitrogens is 2. The summed E-state index contributed by atoms with van der Waals surface area (Å²) in [5, 5.41) is 13.2. The van der Waals surface area contributed by atoms with Crippen molar-refractivity contribution < 1.29 is 19.4 Å². The molecule has 2 bridgehead atoms. The van der Waals surface area contributed by atoms with Gasteiger partial charge in [-0.2, -0.15) is 0 Å². The number of rotatable bonds is 11. The molecule has 10 nitrogen and oxygen atoms in total. The number of hydrogen-bond acceptors (Lipinski definition) is 8. The van der Waals surface area contributed by atoms with Crippen LogP contribution in [0.25, 0.3) is 11.3 Å². The number of amides is 1. The molecule has 2 N–H and O–H groups in total. The Labute approximate surface area is 279 Å². The van der Waals surface area contributed by atoms with Crippen LogP contribution in [0, 0.1) is 5.92 Å². The van der Waals surface area contributed by atoms with E-state index in [1.54, 1.807) is 19.2 Å². The molecule has 3 fully saturated rings. The summed E-state index contributed by atoms with van der Waals surface area (Å²) in [6.45, 7) is 7.20. The molecule has 6 rings (SSSR count). The SMILES string of the molecule is CC(=O)NCC1CCN(Cc2cc(Oc3ccc(N4CC5CCC(C4)N5CCC(=O)O)nc3)nc(-c3cc(Cl)cc(Cl)c3)c2)CC1. The first-order valence-electron chi connectivity index (χ1n) is 16.0. The Morgan fingerprint density at radius 1 is 1.00 bits per heavy atom. The standard InChI is InChI=1S/C34H40Cl2N6O4/c1-22(43)37-17-23-6-9-40(10-7-23)19-24-12-31(25-14-26(35)16-27(36)15-25)39-33(13-24)46-30-4-5-32(38-18-30)41-20-28-2-3-29(21-41)42(28)11-8-34(44)45/h4-5,12-16,18,23,28-29H,2-3,6-11,17,19-21H2,1H3,(H,37,43)(H,44,45). The van der Waals surface area contributed by atoms with Gasteiger partial charge in [-0.25, -0.2) is 9.97 Å². The fraction of sp³-hybridized carbons (Fsp3) is 0.471. The van der Waals surface area contributed by atoms with Gasteiger partial charge in [-0.05, 0) is 86.7 Å². The molecule has 3 aliphatic rings. The lowest BCUT2D eigenvalue weighted by Crippen LogP contribution is -2.54. The number of nitrogens with zero attached hydrogens (tertiary/aromatic N) is 5. The molecule has 0 saturated carbocycles. The molecule has 244 valence electrons. The van der Waals surface area contributed by atoms with Gasteiger partial charge in [0.2, 0.25) is 11.8 Å². The van der Waals surface area contributed by atoms with E-state index in [-0.39, 0.29) is 12.3 Å². The minimum absolute atomic E-state index is 0.0185. The third-order valence-electron chi connectivity index (χ3n) is 9.26. The lowest BCUT2D eigenvalue weighted by atomic mass is 9.96. The number of carboxylic acids is 1. The van der Waals surface area contributed by atoms with E-state index < -0.39 is 5.97 Å². The molecule has 2 atom stereocenters. The second-order valence-corrected chi connectivity index (χ2v) is 13.5. The van der Waals surface area contributed by atoms with Crippen molar-refractivity contribution in [2.24, 2.45) is 5.92 Å². The Morgan fingerprint density at radius 2 is 1.72 bits per heavy atom. The molecule has 5 heterocycles. The van der Waals surface area contributed by atoms with Gasteiger partial charge in [0.15, 0.2) is 0 Å². The first-order chi connectivity index (χ1) is 22.2. The molecule has 2 unspecified atom stereocenters. The van der Waals surface area contributed by atoms with Gasteiger partial charge < -0.3 is 20.1 Å². The number of carbonyl (C=O) groups is 2. The fourth-order valence-electron chi connectivity index (χ4n) is 6.96. The smallest absolute Gasteiger partial charge is 0.304 e. The Hall–Kier alpha value is -3.44. The van der Waals surface area contributed by atoms with Crippen LogP contribution in [-0.2, 0) is 16.1 Å². The maximum absolute atomic E-state index is 11.3. The Kier molecular flexibility index (Phi) is 10.3. The number of aliphatic carboxylic acids is 1. The lowest BCUT2D eigenvalue weighted by molar-refractivity contribution is -0.137. The maximum atomic E-state index is 11.3. The van der Waals surface area contributed by atoms with Crippen molar-refractivity contribution in [3.05, 3.63) is 64.3 Å². The second kappa shape index (κ2) is 14.5. The summed E-state index contributed by atoms with van der Waals surface area (Å²) in [5.74, 6) is 1.70. The molecule has 12 heteroatoms. The highest BCUT2D eigenvalue weighted by atomic mass is 35.5. The van der Waals surface area contributed by atoms with Crippen molar-refractivity contribution in [2.75, 3.05) is 44.2 Å². The number of piperazine rings is 1. The topological polar surface area (TPSA) is 111 Å². The first kappa shape index (κ1) is 32.5. The van der Waals surface area contributed by atoms with E-state index in [1.807, 2.05) is 30.3 Å². The van der Waals surface area contributed by atoms with Gasteiger partial charge in [-0.15, -0.1) is 0 Å². The van der Waals surface area contributed by atoms with Gasteiger partial charge in [0, 0.05) is 73.4 Å². The van der Waals surface area contributed by atoms with E-state index >= 15 is 0 Å². The average Bonchev–Trinajstić information content (AvgIpc) is 3.25. The molecule has 0 spiro atoms. The molecule has 3 aliphatic heterocycles. The van der Waals surface area contributed by atoms with Crippen LogP contribution in [-0.4, -0.2) is 88.1 Å². The predicted octanol–water partition coefficient (Wildman–Crippen LogP) is 5.72. The maximum Gasteiger partial charge on any atom is 0.304 e. The van der Waals surface area contributed by atoms with E-state index in [2.05, 4.69) is 26.1 Å². The summed E-state index contributed by atoms with van der Waals surface area (Å²) >= 11 is 12.7. The summed E-state index contributed by atoms with van der Waals surface area (Å²) in [4.78, 5) is 39.1. The highest BCUT2D eigenvalue weighted by Gasteiger charge is 2.40. The lowest BCUT2D eigenvalue weighted by Gasteiger charge is -2.41. The van der Waals surface area contributed by atoms with Crippen LogP contribution >= 0.6 is 23.2 Å². The van der Waals surface area contributed by atoms with E-state index in [1.165, 1.54) is 0 Å². The molecule has 1 amide bonds. The van der Waals surface area contributed by atoms with Crippen LogP contribution in [0.4, 0.5) is 5.82 Å². The zero-order chi connectivity index (χ0) is 32.2. The minimum atomic E-state index is -0.748. The molecule has 0 radical (unpaired) electrons. The van der Waals surface area contributed by atoms with Crippen LogP contribution in [0.15, 0.2) is 48.7 Å². The number of halogens is 2.